The van der Waals surface area contributed by atoms with Crippen molar-refractivity contribution in [2.45, 2.75) is 57.2 Å². The quantitative estimate of drug-likeness (QED) is 0.782. The summed E-state index contributed by atoms with van der Waals surface area (Å²) in [5, 5.41) is 9.36. The molecular formula is C17H27N3O4SSi. The molecule has 0 aliphatic carbocycles. The van der Waals surface area contributed by atoms with Crippen molar-refractivity contribution < 1.29 is 14.3 Å². The third kappa shape index (κ3) is 3.77. The largest absolute Gasteiger partial charge is 0.413 e. The number of aliphatic hydroxyl groups is 1. The summed E-state index contributed by atoms with van der Waals surface area (Å²) in [5.41, 5.74) is 0.708. The Balaban J connectivity index is 1.70. The van der Waals surface area contributed by atoms with E-state index >= 15 is 0 Å². The highest BCUT2D eigenvalue weighted by Gasteiger charge is 2.39. The van der Waals surface area contributed by atoms with Crippen LogP contribution in [0.3, 0.4) is 0 Å². The summed E-state index contributed by atoms with van der Waals surface area (Å²) in [5.74, 6) is 0.693. The van der Waals surface area contributed by atoms with Gasteiger partial charge in [0.05, 0.1) is 18.9 Å². The number of rotatable bonds is 5. The number of imidazole rings is 1. The number of ether oxygens (including phenoxy) is 1. The van der Waals surface area contributed by atoms with Crippen molar-refractivity contribution in [3.8, 4) is 0 Å². The molecule has 1 fully saturated rings. The third-order valence-corrected chi connectivity index (χ3v) is 10.8. The van der Waals surface area contributed by atoms with E-state index in [4.69, 9.17) is 9.16 Å². The smallest absolute Gasteiger partial charge is 0.336 e. The SMILES string of the molecule is CC(C)(C)[Si](C)(C)OCC1OC(n2ccc3nc(CO)cn3c2=O)CS1. The second-order valence-corrected chi connectivity index (χ2v) is 14.1. The predicted molar refractivity (Wildman–Crippen MR) is 105 cm³/mol. The molecule has 1 aliphatic rings. The van der Waals surface area contributed by atoms with Gasteiger partial charge in [-0.3, -0.25) is 8.97 Å². The van der Waals surface area contributed by atoms with Crippen LogP contribution < -0.4 is 5.69 Å². The normalized spacial score (nSPS) is 21.6. The molecule has 3 rings (SSSR count). The maximum absolute atomic E-state index is 12.7. The molecule has 1 saturated heterocycles. The van der Waals surface area contributed by atoms with Crippen molar-refractivity contribution in [2.24, 2.45) is 0 Å². The van der Waals surface area contributed by atoms with E-state index in [9.17, 15) is 9.90 Å². The highest BCUT2D eigenvalue weighted by Crippen LogP contribution is 2.38. The van der Waals surface area contributed by atoms with Crippen LogP contribution in [0.15, 0.2) is 23.3 Å². The molecule has 2 atom stereocenters. The van der Waals surface area contributed by atoms with Gasteiger partial charge < -0.3 is 14.3 Å². The lowest BCUT2D eigenvalue weighted by atomic mass is 10.2. The number of hydrogen-bond acceptors (Lipinski definition) is 6. The fraction of sp³-hybridized carbons (Fsp3) is 0.647. The van der Waals surface area contributed by atoms with Gasteiger partial charge in [0.25, 0.3) is 0 Å². The second-order valence-electron chi connectivity index (χ2n) is 8.05. The van der Waals surface area contributed by atoms with Crippen LogP contribution in [0.2, 0.25) is 18.1 Å². The van der Waals surface area contributed by atoms with Crippen molar-refractivity contribution in [1.82, 2.24) is 14.0 Å². The first-order chi connectivity index (χ1) is 12.1. The Morgan fingerprint density at radius 3 is 2.85 bits per heavy atom. The molecule has 1 aliphatic heterocycles. The third-order valence-electron chi connectivity index (χ3n) is 5.19. The van der Waals surface area contributed by atoms with Crippen LogP contribution in [-0.2, 0) is 15.8 Å². The zero-order valence-electron chi connectivity index (χ0n) is 15.9. The van der Waals surface area contributed by atoms with Gasteiger partial charge in [0.2, 0.25) is 0 Å². The van der Waals surface area contributed by atoms with Gasteiger partial charge >= 0.3 is 5.69 Å². The van der Waals surface area contributed by atoms with Gasteiger partial charge in [0, 0.05) is 18.1 Å². The van der Waals surface area contributed by atoms with Crippen molar-refractivity contribution in [1.29, 1.82) is 0 Å². The second kappa shape index (κ2) is 7.12. The molecule has 0 spiro atoms. The Labute approximate surface area is 158 Å². The topological polar surface area (TPSA) is 78.0 Å². The van der Waals surface area contributed by atoms with Crippen LogP contribution in [0.1, 0.15) is 32.7 Å². The first kappa shape index (κ1) is 19.6. The highest BCUT2D eigenvalue weighted by atomic mass is 32.2. The summed E-state index contributed by atoms with van der Waals surface area (Å²) in [6, 6.07) is 1.76. The molecule has 3 heterocycles. The van der Waals surface area contributed by atoms with Crippen LogP contribution in [-0.4, -0.2) is 45.2 Å². The molecule has 2 aromatic rings. The monoisotopic (exact) mass is 397 g/mol. The minimum Gasteiger partial charge on any atom is -0.413 e. The van der Waals surface area contributed by atoms with E-state index in [1.165, 1.54) is 4.40 Å². The van der Waals surface area contributed by atoms with E-state index in [2.05, 4.69) is 38.8 Å². The summed E-state index contributed by atoms with van der Waals surface area (Å²) in [6.07, 6.45) is 2.94. The average molecular weight is 398 g/mol. The van der Waals surface area contributed by atoms with Gasteiger partial charge in [0.15, 0.2) is 8.32 Å². The number of hydrogen-bond donors (Lipinski definition) is 1. The minimum atomic E-state index is -1.82. The molecule has 7 nitrogen and oxygen atoms in total. The molecule has 26 heavy (non-hydrogen) atoms. The molecule has 0 radical (unpaired) electrons. The summed E-state index contributed by atoms with van der Waals surface area (Å²) in [7, 11) is -1.82. The Hall–Kier alpha value is -1.13. The Bertz CT molecular complexity index is 843. The van der Waals surface area contributed by atoms with Crippen LogP contribution in [0.25, 0.3) is 5.65 Å². The van der Waals surface area contributed by atoms with E-state index in [0.717, 1.165) is 0 Å². The van der Waals surface area contributed by atoms with Crippen LogP contribution in [0.4, 0.5) is 0 Å². The molecule has 2 aromatic heterocycles. The van der Waals surface area contributed by atoms with E-state index < -0.39 is 8.32 Å². The van der Waals surface area contributed by atoms with Gasteiger partial charge in [-0.2, -0.15) is 0 Å². The summed E-state index contributed by atoms with van der Waals surface area (Å²) in [4.78, 5) is 16.9. The lowest BCUT2D eigenvalue weighted by molar-refractivity contribution is -0.00429. The Morgan fingerprint density at radius 1 is 1.46 bits per heavy atom. The van der Waals surface area contributed by atoms with Crippen LogP contribution in [0, 0.1) is 0 Å². The molecule has 144 valence electrons. The molecular weight excluding hydrogens is 370 g/mol. The first-order valence-corrected chi connectivity index (χ1v) is 12.7. The lowest BCUT2D eigenvalue weighted by Gasteiger charge is -2.36. The van der Waals surface area contributed by atoms with Crippen molar-refractivity contribution in [2.75, 3.05) is 12.4 Å². The molecule has 0 aromatic carbocycles. The number of nitrogens with zero attached hydrogens (tertiary/aromatic N) is 3. The van der Waals surface area contributed by atoms with E-state index in [0.29, 0.717) is 23.7 Å². The molecule has 2 unspecified atom stereocenters. The van der Waals surface area contributed by atoms with Crippen molar-refractivity contribution in [3.05, 3.63) is 34.6 Å². The number of aromatic nitrogens is 3. The molecule has 0 amide bonds. The maximum atomic E-state index is 12.7. The highest BCUT2D eigenvalue weighted by molar-refractivity contribution is 8.00. The van der Waals surface area contributed by atoms with Crippen molar-refractivity contribution in [3.63, 3.8) is 0 Å². The standard InChI is InChI=1S/C17H27N3O4SSi/c1-17(2,3)26(4,5)23-10-15-24-14(11-25-15)19-7-6-13-18-12(9-21)8-20(13)16(19)22/h6-8,14-15,21H,9-11H2,1-5H3. The zero-order valence-corrected chi connectivity index (χ0v) is 17.7. The van der Waals surface area contributed by atoms with Crippen molar-refractivity contribution >= 4 is 25.7 Å². The van der Waals surface area contributed by atoms with Gasteiger partial charge in [-0.15, -0.1) is 11.8 Å². The van der Waals surface area contributed by atoms with Crippen LogP contribution in [0.5, 0.6) is 0 Å². The summed E-state index contributed by atoms with van der Waals surface area (Å²) >= 11 is 1.67. The fourth-order valence-electron chi connectivity index (χ4n) is 2.52. The van der Waals surface area contributed by atoms with Gasteiger partial charge in [0.1, 0.15) is 17.3 Å². The van der Waals surface area contributed by atoms with E-state index in [1.54, 1.807) is 34.8 Å². The lowest BCUT2D eigenvalue weighted by Crippen LogP contribution is -2.42. The zero-order chi connectivity index (χ0) is 19.1. The molecule has 0 bridgehead atoms. The summed E-state index contributed by atoms with van der Waals surface area (Å²) < 4.78 is 15.3. The number of fused-ring (bicyclic) bond motifs is 1. The van der Waals surface area contributed by atoms with Gasteiger partial charge in [-0.25, -0.2) is 9.78 Å². The molecule has 0 saturated carbocycles. The molecule has 9 heteroatoms. The van der Waals surface area contributed by atoms with E-state index in [-0.39, 0.29) is 29.0 Å². The number of thioether (sulfide) groups is 1. The first-order valence-electron chi connectivity index (χ1n) is 8.73. The predicted octanol–water partition coefficient (Wildman–Crippen LogP) is 2.60. The fourth-order valence-corrected chi connectivity index (χ4v) is 4.63. The minimum absolute atomic E-state index is 0.0764. The number of aliphatic hydroxyl groups excluding tert-OH is 1. The van der Waals surface area contributed by atoms with Crippen LogP contribution >= 0.6 is 11.8 Å². The molecule has 1 N–H and O–H groups in total. The maximum Gasteiger partial charge on any atom is 0.336 e. The van der Waals surface area contributed by atoms with Gasteiger partial charge in [-0.1, -0.05) is 20.8 Å². The average Bonchev–Trinajstić information content (AvgIpc) is 3.19. The van der Waals surface area contributed by atoms with Gasteiger partial charge in [-0.05, 0) is 24.2 Å². The van der Waals surface area contributed by atoms with E-state index in [1.807, 2.05) is 0 Å². The Kier molecular flexibility index (Phi) is 5.37. The summed E-state index contributed by atoms with van der Waals surface area (Å²) in [6.45, 7) is 11.4. The Morgan fingerprint density at radius 2 is 2.19 bits per heavy atom.